The lowest BCUT2D eigenvalue weighted by atomic mass is 10.2. The van der Waals surface area contributed by atoms with E-state index in [2.05, 4.69) is 15.3 Å². The number of nitrogens with zero attached hydrogens (tertiary/aromatic N) is 4. The molecule has 1 amide bonds. The summed E-state index contributed by atoms with van der Waals surface area (Å²) >= 11 is 0. The first-order valence-electron chi connectivity index (χ1n) is 9.36. The van der Waals surface area contributed by atoms with Gasteiger partial charge in [0.05, 0.1) is 12.9 Å². The number of rotatable bonds is 8. The van der Waals surface area contributed by atoms with Crippen molar-refractivity contribution in [3.05, 3.63) is 52.6 Å². The molecule has 0 aliphatic heterocycles. The van der Waals surface area contributed by atoms with Gasteiger partial charge in [-0.2, -0.15) is 4.98 Å². The number of esters is 1. The summed E-state index contributed by atoms with van der Waals surface area (Å²) in [7, 11) is 0. The Morgan fingerprint density at radius 3 is 2.53 bits per heavy atom. The van der Waals surface area contributed by atoms with Crippen LogP contribution in [-0.2, 0) is 27.4 Å². The maximum Gasteiger partial charge on any atom is 0.302 e. The number of imidazole rings is 1. The molecule has 0 atom stereocenters. The van der Waals surface area contributed by atoms with E-state index >= 15 is 0 Å². The molecule has 9 nitrogen and oxygen atoms in total. The zero-order valence-electron chi connectivity index (χ0n) is 16.8. The van der Waals surface area contributed by atoms with Gasteiger partial charge in [-0.3, -0.25) is 24.3 Å². The Hall–Kier alpha value is -3.01. The number of aromatic nitrogens is 4. The van der Waals surface area contributed by atoms with Crippen molar-refractivity contribution in [2.75, 3.05) is 11.9 Å². The third-order valence-corrected chi connectivity index (χ3v) is 4.30. The van der Waals surface area contributed by atoms with Gasteiger partial charge in [0.2, 0.25) is 11.9 Å². The van der Waals surface area contributed by atoms with Crippen LogP contribution in [0.15, 0.2) is 41.5 Å². The summed E-state index contributed by atoms with van der Waals surface area (Å²) in [6.07, 6.45) is 2.75. The molecule has 0 radical (unpaired) electrons. The molecule has 2 aromatic heterocycles. The molecular formula is C20H24BrN5O4. The molecule has 30 heavy (non-hydrogen) atoms. The molecular weight excluding hydrogens is 454 g/mol. The highest BCUT2D eigenvalue weighted by Gasteiger charge is 2.16. The van der Waals surface area contributed by atoms with Crippen molar-refractivity contribution in [2.45, 2.75) is 39.8 Å². The van der Waals surface area contributed by atoms with E-state index in [0.29, 0.717) is 31.4 Å². The molecule has 2 heterocycles. The van der Waals surface area contributed by atoms with Crippen LogP contribution < -0.4 is 10.9 Å². The third kappa shape index (κ3) is 5.76. The lowest BCUT2D eigenvalue weighted by Crippen LogP contribution is -2.28. The minimum absolute atomic E-state index is 0. The van der Waals surface area contributed by atoms with Crippen molar-refractivity contribution in [3.8, 4) is 0 Å². The van der Waals surface area contributed by atoms with Crippen LogP contribution >= 0.6 is 17.0 Å². The molecule has 0 saturated heterocycles. The van der Waals surface area contributed by atoms with Crippen LogP contribution in [0, 0.1) is 0 Å². The number of carbonyl (C=O) groups is 2. The van der Waals surface area contributed by atoms with Gasteiger partial charge >= 0.3 is 5.97 Å². The van der Waals surface area contributed by atoms with E-state index in [1.807, 2.05) is 30.3 Å². The van der Waals surface area contributed by atoms with Crippen LogP contribution in [0.1, 0.15) is 32.3 Å². The fourth-order valence-electron chi connectivity index (χ4n) is 3.00. The van der Waals surface area contributed by atoms with Gasteiger partial charge in [0.15, 0.2) is 11.2 Å². The van der Waals surface area contributed by atoms with Crippen molar-refractivity contribution in [3.63, 3.8) is 0 Å². The minimum atomic E-state index is -0.339. The van der Waals surface area contributed by atoms with Gasteiger partial charge in [0, 0.05) is 26.9 Å². The van der Waals surface area contributed by atoms with Crippen molar-refractivity contribution < 1.29 is 14.3 Å². The number of hydrogen-bond donors (Lipinski definition) is 1. The minimum Gasteiger partial charge on any atom is -0.466 e. The van der Waals surface area contributed by atoms with E-state index < -0.39 is 0 Å². The predicted octanol–water partition coefficient (Wildman–Crippen LogP) is 2.52. The van der Waals surface area contributed by atoms with Crippen LogP contribution in [0.2, 0.25) is 0 Å². The number of nitrogens with one attached hydrogen (secondary N) is 1. The SMILES string of the molecule is Br.CC(=O)Nc1nc2ncn(Cc3ccccc3)c2c(=O)n1CCCCOC(C)=O. The van der Waals surface area contributed by atoms with Gasteiger partial charge in [-0.25, -0.2) is 4.98 Å². The van der Waals surface area contributed by atoms with E-state index in [9.17, 15) is 14.4 Å². The van der Waals surface area contributed by atoms with E-state index in [-0.39, 0.29) is 52.6 Å². The summed E-state index contributed by atoms with van der Waals surface area (Å²) in [6, 6.07) is 9.74. The molecule has 0 saturated carbocycles. The van der Waals surface area contributed by atoms with Gasteiger partial charge in [-0.05, 0) is 18.4 Å². The molecule has 1 aromatic carbocycles. The quantitative estimate of drug-likeness (QED) is 0.394. The van der Waals surface area contributed by atoms with E-state index in [0.717, 1.165) is 5.56 Å². The van der Waals surface area contributed by atoms with Gasteiger partial charge in [0.1, 0.15) is 0 Å². The fraction of sp³-hybridized carbons (Fsp3) is 0.350. The Balaban J connectivity index is 0.00000320. The Bertz CT molecular complexity index is 1080. The number of ether oxygens (including phenoxy) is 1. The zero-order chi connectivity index (χ0) is 20.8. The van der Waals surface area contributed by atoms with Crippen LogP contribution in [0.4, 0.5) is 5.95 Å². The topological polar surface area (TPSA) is 108 Å². The molecule has 1 N–H and O–H groups in total. The summed E-state index contributed by atoms with van der Waals surface area (Å²) in [5, 5.41) is 2.60. The Labute approximate surface area is 183 Å². The van der Waals surface area contributed by atoms with E-state index in [1.54, 1.807) is 10.9 Å². The number of carbonyl (C=O) groups excluding carboxylic acids is 2. The number of benzene rings is 1. The Kier molecular flexibility index (Phi) is 8.28. The number of unbranched alkanes of at least 4 members (excludes halogenated alkanes) is 1. The summed E-state index contributed by atoms with van der Waals surface area (Å²) in [5.74, 6) is -0.505. The van der Waals surface area contributed by atoms with Crippen molar-refractivity contribution in [1.82, 2.24) is 19.1 Å². The molecule has 0 aliphatic rings. The summed E-state index contributed by atoms with van der Waals surface area (Å²) in [5.41, 5.74) is 1.42. The lowest BCUT2D eigenvalue weighted by Gasteiger charge is -2.13. The maximum atomic E-state index is 13.2. The van der Waals surface area contributed by atoms with Gasteiger partial charge in [-0.1, -0.05) is 30.3 Å². The molecule has 0 spiro atoms. The number of fused-ring (bicyclic) bond motifs is 1. The summed E-state index contributed by atoms with van der Waals surface area (Å²) in [4.78, 5) is 44.3. The molecule has 160 valence electrons. The van der Waals surface area contributed by atoms with Gasteiger partial charge < -0.3 is 9.30 Å². The highest BCUT2D eigenvalue weighted by atomic mass is 79.9. The summed E-state index contributed by atoms with van der Waals surface area (Å²) < 4.78 is 8.11. The fourth-order valence-corrected chi connectivity index (χ4v) is 3.00. The average Bonchev–Trinajstić information content (AvgIpc) is 3.06. The average molecular weight is 478 g/mol. The van der Waals surface area contributed by atoms with Gasteiger partial charge in [-0.15, -0.1) is 17.0 Å². The lowest BCUT2D eigenvalue weighted by molar-refractivity contribution is -0.141. The number of anilines is 1. The third-order valence-electron chi connectivity index (χ3n) is 4.30. The molecule has 0 unspecified atom stereocenters. The molecule has 0 bridgehead atoms. The second-order valence-corrected chi connectivity index (χ2v) is 6.65. The normalized spacial score (nSPS) is 10.5. The van der Waals surface area contributed by atoms with Gasteiger partial charge in [0.25, 0.3) is 5.56 Å². The first kappa shape index (κ1) is 23.3. The monoisotopic (exact) mass is 477 g/mol. The number of halogens is 1. The largest absolute Gasteiger partial charge is 0.466 e. The van der Waals surface area contributed by atoms with E-state index in [1.165, 1.54) is 18.4 Å². The highest BCUT2D eigenvalue weighted by Crippen LogP contribution is 2.13. The summed E-state index contributed by atoms with van der Waals surface area (Å²) in [6.45, 7) is 3.80. The van der Waals surface area contributed by atoms with E-state index in [4.69, 9.17) is 4.74 Å². The van der Waals surface area contributed by atoms with Crippen molar-refractivity contribution >= 4 is 46.0 Å². The molecule has 3 aromatic rings. The number of hydrogen-bond acceptors (Lipinski definition) is 6. The first-order chi connectivity index (χ1) is 14.0. The maximum absolute atomic E-state index is 13.2. The van der Waals surface area contributed by atoms with Crippen LogP contribution in [0.5, 0.6) is 0 Å². The van der Waals surface area contributed by atoms with Crippen LogP contribution in [-0.4, -0.2) is 37.6 Å². The van der Waals surface area contributed by atoms with Crippen LogP contribution in [0.25, 0.3) is 11.2 Å². The molecule has 3 rings (SSSR count). The molecule has 0 aliphatic carbocycles. The smallest absolute Gasteiger partial charge is 0.302 e. The van der Waals surface area contributed by atoms with Crippen molar-refractivity contribution in [1.29, 1.82) is 0 Å². The Morgan fingerprint density at radius 1 is 1.13 bits per heavy atom. The highest BCUT2D eigenvalue weighted by molar-refractivity contribution is 8.93. The number of amides is 1. The van der Waals surface area contributed by atoms with Crippen molar-refractivity contribution in [2.24, 2.45) is 0 Å². The zero-order valence-corrected chi connectivity index (χ0v) is 18.5. The second kappa shape index (κ2) is 10.7. The standard InChI is InChI=1S/C20H23N5O4.BrH/c1-14(26)22-20-23-18-17(19(28)25(20)10-6-7-11-29-15(2)27)24(13-21-18)12-16-8-4-3-5-9-16;/h3-5,8-9,13H,6-7,10-12H2,1-2H3,(H,22,23,26);1H. The predicted molar refractivity (Wildman–Crippen MR) is 118 cm³/mol. The van der Waals surface area contributed by atoms with Crippen LogP contribution in [0.3, 0.4) is 0 Å². The second-order valence-electron chi connectivity index (χ2n) is 6.65. The molecule has 0 fully saturated rings. The molecule has 10 heteroatoms. The Morgan fingerprint density at radius 2 is 1.87 bits per heavy atom. The first-order valence-corrected chi connectivity index (χ1v) is 9.36.